The van der Waals surface area contributed by atoms with Crippen LogP contribution >= 0.6 is 0 Å². The normalized spacial score (nSPS) is 20.2. The molecule has 0 bridgehead atoms. The highest BCUT2D eigenvalue weighted by atomic mass is 19.1. The third-order valence-corrected chi connectivity index (χ3v) is 5.83. The van der Waals surface area contributed by atoms with Crippen molar-refractivity contribution in [1.29, 1.82) is 0 Å². The number of fused-ring (bicyclic) bond motifs is 2. The lowest BCUT2D eigenvalue weighted by molar-refractivity contribution is -0.155. The fourth-order valence-electron chi connectivity index (χ4n) is 4.06. The Balaban J connectivity index is 1.38. The molecule has 0 saturated carbocycles. The average molecular weight is 439 g/mol. The first-order chi connectivity index (χ1) is 15.2. The third-order valence-electron chi connectivity index (χ3n) is 5.83. The van der Waals surface area contributed by atoms with E-state index >= 15 is 0 Å². The van der Waals surface area contributed by atoms with Crippen molar-refractivity contribution in [2.75, 3.05) is 11.9 Å². The number of hydrogen-bond acceptors (Lipinski definition) is 5. The molecule has 2 aromatic rings. The number of nitrogens with zero attached hydrogens (tertiary/aromatic N) is 1. The van der Waals surface area contributed by atoms with Gasteiger partial charge in [-0.05, 0) is 55.5 Å². The maximum atomic E-state index is 13.6. The van der Waals surface area contributed by atoms with Crippen LogP contribution in [0.3, 0.4) is 0 Å². The second-order valence-corrected chi connectivity index (χ2v) is 7.97. The van der Waals surface area contributed by atoms with Crippen LogP contribution in [0.2, 0.25) is 0 Å². The minimum atomic E-state index is -1.21. The van der Waals surface area contributed by atoms with Crippen molar-refractivity contribution in [1.82, 2.24) is 10.2 Å². The second kappa shape index (κ2) is 8.07. The first-order valence-corrected chi connectivity index (χ1v) is 10.2. The molecule has 2 N–H and O–H groups in total. The van der Waals surface area contributed by atoms with Gasteiger partial charge in [-0.2, -0.15) is 0 Å². The molecule has 0 radical (unpaired) electrons. The van der Waals surface area contributed by atoms with Crippen LogP contribution in [0.4, 0.5) is 14.9 Å². The van der Waals surface area contributed by atoms with E-state index in [4.69, 9.17) is 4.74 Å². The van der Waals surface area contributed by atoms with Crippen LogP contribution in [0.15, 0.2) is 42.5 Å². The highest BCUT2D eigenvalue weighted by molar-refractivity contribution is 6.09. The number of anilines is 1. The summed E-state index contributed by atoms with van der Waals surface area (Å²) in [6.07, 6.45) is -0.167. The molecule has 0 unspecified atom stereocenters. The van der Waals surface area contributed by atoms with Crippen molar-refractivity contribution >= 4 is 29.5 Å². The average Bonchev–Trinajstić information content (AvgIpc) is 3.24. The summed E-state index contributed by atoms with van der Waals surface area (Å²) in [4.78, 5) is 51.0. The Bertz CT molecular complexity index is 1130. The molecule has 166 valence electrons. The van der Waals surface area contributed by atoms with Crippen molar-refractivity contribution in [2.45, 2.75) is 38.3 Å². The summed E-state index contributed by atoms with van der Waals surface area (Å²) < 4.78 is 18.7. The Labute approximate surface area is 183 Å². The number of nitrogens with one attached hydrogen (secondary N) is 2. The van der Waals surface area contributed by atoms with Gasteiger partial charge in [-0.15, -0.1) is 0 Å². The standard InChI is InChI=1S/C23H22FN3O5/c1-13-7-8-16(11-18(13)24)25-20(29)14(2)32-19(28)12-27-21(30)23(26-22(27)31)10-9-15-5-3-4-6-17(15)23/h3-8,11,14H,9-10,12H2,1-2H3,(H,25,29)(H,26,31)/t14-,23+/m0/s1. The van der Waals surface area contributed by atoms with Gasteiger partial charge in [-0.25, -0.2) is 9.18 Å². The van der Waals surface area contributed by atoms with Crippen molar-refractivity contribution in [3.63, 3.8) is 0 Å². The molecule has 1 heterocycles. The zero-order valence-electron chi connectivity index (χ0n) is 17.6. The number of ether oxygens (including phenoxy) is 1. The van der Waals surface area contributed by atoms with E-state index in [1.807, 2.05) is 12.1 Å². The number of urea groups is 1. The van der Waals surface area contributed by atoms with E-state index in [-0.39, 0.29) is 5.69 Å². The summed E-state index contributed by atoms with van der Waals surface area (Å²) in [6.45, 7) is 2.32. The number of imide groups is 1. The molecular weight excluding hydrogens is 417 g/mol. The Hall–Kier alpha value is -3.75. The highest BCUT2D eigenvalue weighted by Crippen LogP contribution is 2.41. The van der Waals surface area contributed by atoms with Gasteiger partial charge in [0, 0.05) is 5.69 Å². The molecule has 0 aromatic heterocycles. The zero-order chi connectivity index (χ0) is 23.0. The lowest BCUT2D eigenvalue weighted by Crippen LogP contribution is -2.43. The van der Waals surface area contributed by atoms with Crippen LogP contribution in [0.1, 0.15) is 30.0 Å². The lowest BCUT2D eigenvalue weighted by Gasteiger charge is -2.22. The van der Waals surface area contributed by atoms with Gasteiger partial charge in [-0.3, -0.25) is 19.3 Å². The number of halogens is 1. The van der Waals surface area contributed by atoms with Crippen LogP contribution in [0.25, 0.3) is 0 Å². The largest absolute Gasteiger partial charge is 0.451 e. The van der Waals surface area contributed by atoms with Crippen LogP contribution in [-0.4, -0.2) is 41.4 Å². The third kappa shape index (κ3) is 3.70. The minimum absolute atomic E-state index is 0.219. The molecule has 2 atom stereocenters. The second-order valence-electron chi connectivity index (χ2n) is 7.97. The van der Waals surface area contributed by atoms with Gasteiger partial charge in [0.2, 0.25) is 0 Å². The van der Waals surface area contributed by atoms with Gasteiger partial charge in [-0.1, -0.05) is 30.3 Å². The molecule has 1 aliphatic heterocycles. The summed E-state index contributed by atoms with van der Waals surface area (Å²) in [5.41, 5.74) is 1.18. The van der Waals surface area contributed by atoms with Crippen molar-refractivity contribution in [3.05, 3.63) is 65.0 Å². The number of amides is 4. The molecule has 2 aliphatic rings. The summed E-state index contributed by atoms with van der Waals surface area (Å²) in [6, 6.07) is 10.9. The molecule has 4 rings (SSSR count). The number of hydrogen-bond donors (Lipinski definition) is 2. The van der Waals surface area contributed by atoms with Gasteiger partial charge in [0.25, 0.3) is 11.8 Å². The molecule has 4 amide bonds. The molecule has 8 nitrogen and oxygen atoms in total. The predicted octanol–water partition coefficient (Wildman–Crippen LogP) is 2.40. The molecule has 32 heavy (non-hydrogen) atoms. The fourth-order valence-corrected chi connectivity index (χ4v) is 4.06. The highest BCUT2D eigenvalue weighted by Gasteiger charge is 2.55. The molecule has 1 fully saturated rings. The Kier molecular flexibility index (Phi) is 5.41. The molecule has 1 saturated heterocycles. The maximum absolute atomic E-state index is 13.6. The van der Waals surface area contributed by atoms with Crippen LogP contribution in [-0.2, 0) is 31.1 Å². The number of esters is 1. The summed E-state index contributed by atoms with van der Waals surface area (Å²) in [5, 5.41) is 5.19. The van der Waals surface area contributed by atoms with Crippen molar-refractivity contribution in [3.8, 4) is 0 Å². The quantitative estimate of drug-likeness (QED) is 0.550. The first kappa shape index (κ1) is 21.5. The van der Waals surface area contributed by atoms with E-state index < -0.39 is 47.8 Å². The molecule has 1 spiro atoms. The van der Waals surface area contributed by atoms with Crippen molar-refractivity contribution in [2.24, 2.45) is 0 Å². The summed E-state index contributed by atoms with van der Waals surface area (Å²) in [5.74, 6) is -2.57. The number of rotatable bonds is 5. The van der Waals surface area contributed by atoms with Gasteiger partial charge >= 0.3 is 12.0 Å². The SMILES string of the molecule is Cc1ccc(NC(=O)[C@H](C)OC(=O)CN2C(=O)N[C@@]3(CCc4ccccc43)C2=O)cc1F. The molecule has 2 aromatic carbocycles. The number of benzene rings is 2. The number of carbonyl (C=O) groups excluding carboxylic acids is 4. The van der Waals surface area contributed by atoms with E-state index in [9.17, 15) is 23.6 Å². The monoisotopic (exact) mass is 439 g/mol. The summed E-state index contributed by atoms with van der Waals surface area (Å²) >= 11 is 0. The van der Waals surface area contributed by atoms with Gasteiger partial charge in [0.1, 0.15) is 17.9 Å². The Morgan fingerprint density at radius 2 is 2.00 bits per heavy atom. The number of aryl methyl sites for hydroxylation is 2. The van der Waals surface area contributed by atoms with E-state index in [1.165, 1.54) is 19.1 Å². The summed E-state index contributed by atoms with van der Waals surface area (Å²) in [7, 11) is 0. The zero-order valence-corrected chi connectivity index (χ0v) is 17.6. The fraction of sp³-hybridized carbons (Fsp3) is 0.304. The molecule has 9 heteroatoms. The lowest BCUT2D eigenvalue weighted by atomic mass is 9.92. The predicted molar refractivity (Wildman–Crippen MR) is 112 cm³/mol. The number of carbonyl (C=O) groups is 4. The Morgan fingerprint density at radius 3 is 2.75 bits per heavy atom. The van der Waals surface area contributed by atoms with E-state index in [1.54, 1.807) is 19.1 Å². The smallest absolute Gasteiger partial charge is 0.327 e. The van der Waals surface area contributed by atoms with E-state index in [2.05, 4.69) is 10.6 Å². The van der Waals surface area contributed by atoms with Crippen LogP contribution < -0.4 is 10.6 Å². The van der Waals surface area contributed by atoms with Gasteiger partial charge < -0.3 is 15.4 Å². The topological polar surface area (TPSA) is 105 Å². The van der Waals surface area contributed by atoms with E-state index in [0.717, 1.165) is 22.1 Å². The van der Waals surface area contributed by atoms with Gasteiger partial charge in [0.05, 0.1) is 0 Å². The van der Waals surface area contributed by atoms with E-state index in [0.29, 0.717) is 18.4 Å². The minimum Gasteiger partial charge on any atom is -0.451 e. The van der Waals surface area contributed by atoms with Crippen LogP contribution in [0, 0.1) is 12.7 Å². The van der Waals surface area contributed by atoms with Gasteiger partial charge in [0.15, 0.2) is 6.10 Å². The molecular formula is C23H22FN3O5. The van der Waals surface area contributed by atoms with Crippen molar-refractivity contribution < 1.29 is 28.3 Å². The van der Waals surface area contributed by atoms with Crippen LogP contribution in [0.5, 0.6) is 0 Å². The molecule has 1 aliphatic carbocycles. The Morgan fingerprint density at radius 1 is 1.25 bits per heavy atom. The first-order valence-electron chi connectivity index (χ1n) is 10.2. The maximum Gasteiger partial charge on any atom is 0.327 e.